The Balaban J connectivity index is 1.57. The number of hydrogen-bond acceptors (Lipinski definition) is 4. The fourth-order valence-electron chi connectivity index (χ4n) is 2.14. The highest BCUT2D eigenvalue weighted by molar-refractivity contribution is 6.32. The zero-order chi connectivity index (χ0) is 16.9. The molecule has 2 aromatic rings. The third-order valence-electron chi connectivity index (χ3n) is 3.40. The van der Waals surface area contributed by atoms with Crippen LogP contribution in [0.25, 0.3) is 0 Å². The smallest absolute Gasteiger partial charge is 0.242 e. The Morgan fingerprint density at radius 2 is 1.88 bits per heavy atom. The van der Waals surface area contributed by atoms with Crippen molar-refractivity contribution in [1.29, 1.82) is 0 Å². The molecular formula is C19H19ClO4. The van der Waals surface area contributed by atoms with Gasteiger partial charge in [0.15, 0.2) is 5.76 Å². The summed E-state index contributed by atoms with van der Waals surface area (Å²) >= 11 is 6.26. The van der Waals surface area contributed by atoms with Crippen LogP contribution in [-0.2, 0) is 9.47 Å². The number of para-hydroxylation sites is 1. The van der Waals surface area contributed by atoms with Crippen molar-refractivity contribution < 1.29 is 18.9 Å². The molecule has 2 aromatic carbocycles. The highest BCUT2D eigenvalue weighted by Gasteiger charge is 2.23. The summed E-state index contributed by atoms with van der Waals surface area (Å²) < 4.78 is 22.5. The van der Waals surface area contributed by atoms with Crippen molar-refractivity contribution in [2.24, 2.45) is 5.92 Å². The molecule has 3 rings (SSSR count). The summed E-state index contributed by atoms with van der Waals surface area (Å²) in [5, 5.41) is 0.475. The standard InChI is InChI=1S/C19H19ClO4/c1-13(2)19-22-12-16(24-19)11-21-18-9-8-15(10-17(18)20)23-14-6-4-3-5-7-14/h3-10,12-13,19H,11H2,1-2H3. The quantitative estimate of drug-likeness (QED) is 0.703. The summed E-state index contributed by atoms with van der Waals surface area (Å²) in [6, 6.07) is 14.8. The van der Waals surface area contributed by atoms with E-state index in [0.717, 1.165) is 5.75 Å². The summed E-state index contributed by atoms with van der Waals surface area (Å²) in [6.45, 7) is 4.33. The molecule has 24 heavy (non-hydrogen) atoms. The van der Waals surface area contributed by atoms with Crippen LogP contribution < -0.4 is 9.47 Å². The van der Waals surface area contributed by atoms with Gasteiger partial charge in [-0.1, -0.05) is 43.6 Å². The molecule has 1 aliphatic rings. The molecular weight excluding hydrogens is 328 g/mol. The SMILES string of the molecule is CC(C)C1OC=C(COc2ccc(Oc3ccccc3)cc2Cl)O1. The zero-order valence-electron chi connectivity index (χ0n) is 13.6. The molecule has 0 saturated heterocycles. The minimum atomic E-state index is -0.249. The summed E-state index contributed by atoms with van der Waals surface area (Å²) in [7, 11) is 0. The number of halogens is 1. The number of hydrogen-bond donors (Lipinski definition) is 0. The van der Waals surface area contributed by atoms with E-state index in [0.29, 0.717) is 22.3 Å². The fraction of sp³-hybridized carbons (Fsp3) is 0.263. The van der Waals surface area contributed by atoms with Crippen LogP contribution in [0.1, 0.15) is 13.8 Å². The molecule has 1 atom stereocenters. The van der Waals surface area contributed by atoms with Crippen LogP contribution in [0.4, 0.5) is 0 Å². The van der Waals surface area contributed by atoms with Gasteiger partial charge in [-0.15, -0.1) is 0 Å². The molecule has 0 aromatic heterocycles. The summed E-state index contributed by atoms with van der Waals surface area (Å²) in [5.41, 5.74) is 0. The van der Waals surface area contributed by atoms with E-state index >= 15 is 0 Å². The molecule has 5 heteroatoms. The van der Waals surface area contributed by atoms with Gasteiger partial charge in [-0.05, 0) is 24.3 Å². The summed E-state index contributed by atoms with van der Waals surface area (Å²) in [5.74, 6) is 2.89. The average Bonchev–Trinajstić information content (AvgIpc) is 3.04. The van der Waals surface area contributed by atoms with E-state index in [1.165, 1.54) is 0 Å². The van der Waals surface area contributed by atoms with Crippen LogP contribution in [0.2, 0.25) is 5.02 Å². The predicted molar refractivity (Wildman–Crippen MR) is 92.3 cm³/mol. The number of rotatable bonds is 6. The first-order chi connectivity index (χ1) is 11.6. The van der Waals surface area contributed by atoms with Crippen LogP contribution in [-0.4, -0.2) is 12.9 Å². The van der Waals surface area contributed by atoms with Gasteiger partial charge in [-0.2, -0.15) is 0 Å². The molecule has 0 fully saturated rings. The molecule has 0 saturated carbocycles. The Labute approximate surface area is 146 Å². The van der Waals surface area contributed by atoms with E-state index in [1.807, 2.05) is 50.2 Å². The Bertz CT molecular complexity index is 713. The Morgan fingerprint density at radius 1 is 1.08 bits per heavy atom. The number of ether oxygens (including phenoxy) is 4. The minimum Gasteiger partial charge on any atom is -0.484 e. The topological polar surface area (TPSA) is 36.9 Å². The van der Waals surface area contributed by atoms with Crippen LogP contribution in [0.5, 0.6) is 17.2 Å². The molecule has 1 aliphatic heterocycles. The largest absolute Gasteiger partial charge is 0.484 e. The van der Waals surface area contributed by atoms with Gasteiger partial charge in [0.2, 0.25) is 6.29 Å². The lowest BCUT2D eigenvalue weighted by molar-refractivity contribution is -0.0675. The van der Waals surface area contributed by atoms with Gasteiger partial charge in [0, 0.05) is 12.0 Å². The monoisotopic (exact) mass is 346 g/mol. The van der Waals surface area contributed by atoms with Crippen molar-refractivity contribution in [2.75, 3.05) is 6.61 Å². The van der Waals surface area contributed by atoms with Gasteiger partial charge in [0.05, 0.1) is 5.02 Å². The first-order valence-corrected chi connectivity index (χ1v) is 8.16. The summed E-state index contributed by atoms with van der Waals surface area (Å²) in [4.78, 5) is 0. The van der Waals surface area contributed by atoms with E-state index < -0.39 is 0 Å². The second kappa shape index (κ2) is 7.49. The van der Waals surface area contributed by atoms with Crippen LogP contribution >= 0.6 is 11.6 Å². The van der Waals surface area contributed by atoms with Gasteiger partial charge in [0.1, 0.15) is 30.1 Å². The maximum absolute atomic E-state index is 6.26. The lowest BCUT2D eigenvalue weighted by Crippen LogP contribution is -2.17. The summed E-state index contributed by atoms with van der Waals surface area (Å²) in [6.07, 6.45) is 1.34. The molecule has 126 valence electrons. The molecule has 0 bridgehead atoms. The maximum atomic E-state index is 6.26. The van der Waals surface area contributed by atoms with Crippen LogP contribution in [0, 0.1) is 5.92 Å². The third kappa shape index (κ3) is 4.15. The molecule has 0 aliphatic carbocycles. The first kappa shape index (κ1) is 16.5. The lowest BCUT2D eigenvalue weighted by atomic mass is 10.2. The van der Waals surface area contributed by atoms with Crippen molar-refractivity contribution in [1.82, 2.24) is 0 Å². The van der Waals surface area contributed by atoms with Gasteiger partial charge in [-0.25, -0.2) is 0 Å². The molecule has 4 nitrogen and oxygen atoms in total. The lowest BCUT2D eigenvalue weighted by Gasteiger charge is -2.15. The van der Waals surface area contributed by atoms with Crippen molar-refractivity contribution in [2.45, 2.75) is 20.1 Å². The molecule has 1 heterocycles. The van der Waals surface area contributed by atoms with Gasteiger partial charge in [-0.3, -0.25) is 0 Å². The second-order valence-electron chi connectivity index (χ2n) is 5.75. The Hall–Kier alpha value is -2.33. The highest BCUT2D eigenvalue weighted by atomic mass is 35.5. The van der Waals surface area contributed by atoms with E-state index in [9.17, 15) is 0 Å². The van der Waals surface area contributed by atoms with Crippen molar-refractivity contribution in [3.05, 3.63) is 65.6 Å². The van der Waals surface area contributed by atoms with Crippen molar-refractivity contribution in [3.63, 3.8) is 0 Å². The predicted octanol–water partition coefficient (Wildman–Crippen LogP) is 5.38. The second-order valence-corrected chi connectivity index (χ2v) is 6.15. The van der Waals surface area contributed by atoms with Gasteiger partial charge < -0.3 is 18.9 Å². The van der Waals surface area contributed by atoms with Gasteiger partial charge in [0.25, 0.3) is 0 Å². The van der Waals surface area contributed by atoms with Crippen molar-refractivity contribution >= 4 is 11.6 Å². The Morgan fingerprint density at radius 3 is 2.54 bits per heavy atom. The normalized spacial score (nSPS) is 16.3. The molecule has 1 unspecified atom stereocenters. The zero-order valence-corrected chi connectivity index (χ0v) is 14.3. The van der Waals surface area contributed by atoms with E-state index in [1.54, 1.807) is 18.4 Å². The van der Waals surface area contributed by atoms with Gasteiger partial charge >= 0.3 is 0 Å². The van der Waals surface area contributed by atoms with Crippen molar-refractivity contribution in [3.8, 4) is 17.2 Å². The van der Waals surface area contributed by atoms with E-state index in [-0.39, 0.29) is 18.8 Å². The van der Waals surface area contributed by atoms with Crippen LogP contribution in [0.3, 0.4) is 0 Å². The first-order valence-electron chi connectivity index (χ1n) is 7.78. The molecule has 0 N–H and O–H groups in total. The fourth-order valence-corrected chi connectivity index (χ4v) is 2.37. The minimum absolute atomic E-state index is 0.249. The third-order valence-corrected chi connectivity index (χ3v) is 3.69. The highest BCUT2D eigenvalue weighted by Crippen LogP contribution is 2.32. The average molecular weight is 347 g/mol. The van der Waals surface area contributed by atoms with E-state index in [2.05, 4.69) is 0 Å². The molecule has 0 spiro atoms. The number of benzene rings is 2. The van der Waals surface area contributed by atoms with E-state index in [4.69, 9.17) is 30.5 Å². The molecule has 0 radical (unpaired) electrons. The maximum Gasteiger partial charge on any atom is 0.242 e. The van der Waals surface area contributed by atoms with Crippen LogP contribution in [0.15, 0.2) is 60.6 Å². The Kier molecular flexibility index (Phi) is 5.16. The molecule has 0 amide bonds.